The highest BCUT2D eigenvalue weighted by atomic mass is 16.5. The summed E-state index contributed by atoms with van der Waals surface area (Å²) >= 11 is 0. The summed E-state index contributed by atoms with van der Waals surface area (Å²) in [5.41, 5.74) is 1.51. The standard InChI is InChI=1S/C19H18N6O3/c26-18(24-15-6-7-17(21-10-15)25-12-20-11-22-25)13-3-1-4-14(9-13)23-19(27)16-5-2-8-28-16/h1,3-4,6-7,9-12,16H,2,5,8H2,(H,23,27)(H,24,26)/t16-/m1/s1. The number of nitrogens with one attached hydrogen (secondary N) is 2. The van der Waals surface area contributed by atoms with Gasteiger partial charge in [0.25, 0.3) is 11.8 Å². The molecule has 9 nitrogen and oxygen atoms in total. The number of ether oxygens (including phenoxy) is 1. The van der Waals surface area contributed by atoms with Crippen LogP contribution in [0.3, 0.4) is 0 Å². The zero-order chi connectivity index (χ0) is 19.3. The highest BCUT2D eigenvalue weighted by molar-refractivity contribution is 6.05. The lowest BCUT2D eigenvalue weighted by Gasteiger charge is -2.11. The van der Waals surface area contributed by atoms with Crippen LogP contribution in [0.4, 0.5) is 11.4 Å². The third kappa shape index (κ3) is 4.04. The number of nitrogens with zero attached hydrogens (tertiary/aromatic N) is 4. The van der Waals surface area contributed by atoms with Gasteiger partial charge in [-0.2, -0.15) is 5.10 Å². The molecular weight excluding hydrogens is 360 g/mol. The van der Waals surface area contributed by atoms with E-state index in [-0.39, 0.29) is 11.8 Å². The first kappa shape index (κ1) is 17.8. The molecule has 3 heterocycles. The molecule has 3 aromatic rings. The van der Waals surface area contributed by atoms with Crippen LogP contribution in [-0.4, -0.2) is 44.3 Å². The largest absolute Gasteiger partial charge is 0.368 e. The Balaban J connectivity index is 1.41. The summed E-state index contributed by atoms with van der Waals surface area (Å²) in [6.07, 6.45) is 5.66. The van der Waals surface area contributed by atoms with Crippen molar-refractivity contribution in [3.05, 3.63) is 60.8 Å². The molecular formula is C19H18N6O3. The fourth-order valence-electron chi connectivity index (χ4n) is 2.87. The summed E-state index contributed by atoms with van der Waals surface area (Å²) in [4.78, 5) is 32.8. The van der Waals surface area contributed by atoms with Crippen LogP contribution in [-0.2, 0) is 9.53 Å². The number of anilines is 2. The van der Waals surface area contributed by atoms with Crippen LogP contribution in [0.2, 0.25) is 0 Å². The Morgan fingerprint density at radius 2 is 2.07 bits per heavy atom. The molecule has 0 saturated carbocycles. The number of carbonyl (C=O) groups is 2. The number of hydrogen-bond acceptors (Lipinski definition) is 6. The summed E-state index contributed by atoms with van der Waals surface area (Å²) < 4.78 is 6.89. The van der Waals surface area contributed by atoms with E-state index >= 15 is 0 Å². The van der Waals surface area contributed by atoms with Crippen molar-refractivity contribution in [2.75, 3.05) is 17.2 Å². The Hall–Kier alpha value is -3.59. The average molecular weight is 378 g/mol. The molecule has 1 aliphatic rings. The van der Waals surface area contributed by atoms with E-state index in [9.17, 15) is 9.59 Å². The lowest BCUT2D eigenvalue weighted by molar-refractivity contribution is -0.124. The number of hydrogen-bond donors (Lipinski definition) is 2. The minimum absolute atomic E-state index is 0.192. The summed E-state index contributed by atoms with van der Waals surface area (Å²) in [7, 11) is 0. The molecule has 9 heteroatoms. The molecule has 0 aliphatic carbocycles. The van der Waals surface area contributed by atoms with Crippen LogP contribution >= 0.6 is 0 Å². The SMILES string of the molecule is O=C(Nc1ccc(-n2cncn2)nc1)c1cccc(NC(=O)[C@H]2CCCO2)c1. The molecule has 1 saturated heterocycles. The first-order valence-corrected chi connectivity index (χ1v) is 8.84. The third-order valence-corrected chi connectivity index (χ3v) is 4.27. The summed E-state index contributed by atoms with van der Waals surface area (Å²) in [6, 6.07) is 10.2. The van der Waals surface area contributed by atoms with Crippen LogP contribution in [0.25, 0.3) is 5.82 Å². The molecule has 1 atom stereocenters. The normalized spacial score (nSPS) is 15.9. The minimum Gasteiger partial charge on any atom is -0.368 e. The van der Waals surface area contributed by atoms with Crippen LogP contribution in [0.5, 0.6) is 0 Å². The fourth-order valence-corrected chi connectivity index (χ4v) is 2.87. The van der Waals surface area contributed by atoms with E-state index in [0.717, 1.165) is 6.42 Å². The smallest absolute Gasteiger partial charge is 0.255 e. The average Bonchev–Trinajstić information content (AvgIpc) is 3.43. The van der Waals surface area contributed by atoms with Gasteiger partial charge in [-0.25, -0.2) is 14.6 Å². The van der Waals surface area contributed by atoms with Crippen LogP contribution in [0.15, 0.2) is 55.2 Å². The Bertz CT molecular complexity index is 966. The number of aromatic nitrogens is 4. The van der Waals surface area contributed by atoms with Gasteiger partial charge in [-0.3, -0.25) is 9.59 Å². The lowest BCUT2D eigenvalue weighted by atomic mass is 10.1. The molecule has 0 radical (unpaired) electrons. The molecule has 2 aromatic heterocycles. The maximum atomic E-state index is 12.5. The Kier molecular flexibility index (Phi) is 5.07. The summed E-state index contributed by atoms with van der Waals surface area (Å²) in [6.45, 7) is 0.601. The molecule has 2 amide bonds. The van der Waals surface area contributed by atoms with Crippen molar-refractivity contribution < 1.29 is 14.3 Å². The molecule has 2 N–H and O–H groups in total. The van der Waals surface area contributed by atoms with Crippen molar-refractivity contribution in [1.29, 1.82) is 0 Å². The molecule has 142 valence electrons. The molecule has 28 heavy (non-hydrogen) atoms. The first-order chi connectivity index (χ1) is 13.7. The van der Waals surface area contributed by atoms with Crippen molar-refractivity contribution in [3.63, 3.8) is 0 Å². The Labute approximate surface area is 160 Å². The topological polar surface area (TPSA) is 111 Å². The molecule has 1 fully saturated rings. The van der Waals surface area contributed by atoms with Crippen molar-refractivity contribution >= 4 is 23.2 Å². The number of benzene rings is 1. The van der Waals surface area contributed by atoms with Gasteiger partial charge in [0, 0.05) is 17.9 Å². The quantitative estimate of drug-likeness (QED) is 0.703. The highest BCUT2D eigenvalue weighted by Crippen LogP contribution is 2.17. The second kappa shape index (κ2) is 7.97. The molecule has 0 bridgehead atoms. The van der Waals surface area contributed by atoms with Gasteiger partial charge >= 0.3 is 0 Å². The van der Waals surface area contributed by atoms with E-state index in [0.29, 0.717) is 35.8 Å². The maximum Gasteiger partial charge on any atom is 0.255 e. The second-order valence-corrected chi connectivity index (χ2v) is 6.27. The number of pyridine rings is 1. The zero-order valence-corrected chi connectivity index (χ0v) is 14.9. The van der Waals surface area contributed by atoms with E-state index in [2.05, 4.69) is 25.7 Å². The second-order valence-electron chi connectivity index (χ2n) is 6.27. The van der Waals surface area contributed by atoms with Gasteiger partial charge in [0.2, 0.25) is 0 Å². The molecule has 4 rings (SSSR count). The van der Waals surface area contributed by atoms with Crippen molar-refractivity contribution in [2.24, 2.45) is 0 Å². The summed E-state index contributed by atoms with van der Waals surface area (Å²) in [5.74, 6) is 0.0980. The number of carbonyl (C=O) groups excluding carboxylic acids is 2. The Morgan fingerprint density at radius 1 is 1.14 bits per heavy atom. The third-order valence-electron chi connectivity index (χ3n) is 4.27. The van der Waals surface area contributed by atoms with E-state index in [1.54, 1.807) is 36.4 Å². The van der Waals surface area contributed by atoms with Gasteiger partial charge in [0.15, 0.2) is 5.82 Å². The van der Waals surface area contributed by atoms with Gasteiger partial charge < -0.3 is 15.4 Å². The van der Waals surface area contributed by atoms with Gasteiger partial charge in [0.05, 0.1) is 11.9 Å². The fraction of sp³-hybridized carbons (Fsp3) is 0.211. The van der Waals surface area contributed by atoms with Gasteiger partial charge in [-0.15, -0.1) is 0 Å². The van der Waals surface area contributed by atoms with Crippen LogP contribution in [0.1, 0.15) is 23.2 Å². The first-order valence-electron chi connectivity index (χ1n) is 8.84. The number of rotatable bonds is 5. The van der Waals surface area contributed by atoms with Crippen molar-refractivity contribution in [3.8, 4) is 5.82 Å². The van der Waals surface area contributed by atoms with Crippen molar-refractivity contribution in [2.45, 2.75) is 18.9 Å². The Morgan fingerprint density at radius 3 is 2.79 bits per heavy atom. The van der Waals surface area contributed by atoms with E-state index in [4.69, 9.17) is 4.74 Å². The zero-order valence-electron chi connectivity index (χ0n) is 14.9. The van der Waals surface area contributed by atoms with Crippen LogP contribution in [0, 0.1) is 0 Å². The maximum absolute atomic E-state index is 12.5. The van der Waals surface area contributed by atoms with E-state index in [1.807, 2.05) is 0 Å². The predicted molar refractivity (Wildman–Crippen MR) is 101 cm³/mol. The van der Waals surface area contributed by atoms with Crippen molar-refractivity contribution in [1.82, 2.24) is 19.7 Å². The van der Waals surface area contributed by atoms with Gasteiger partial charge in [-0.1, -0.05) is 6.07 Å². The molecule has 0 spiro atoms. The molecule has 1 aliphatic heterocycles. The predicted octanol–water partition coefficient (Wildman–Crippen LogP) is 2.03. The molecule has 0 unspecified atom stereocenters. The van der Waals surface area contributed by atoms with E-state index < -0.39 is 6.10 Å². The lowest BCUT2D eigenvalue weighted by Crippen LogP contribution is -2.27. The number of amides is 2. The minimum atomic E-state index is -0.424. The molecule has 1 aromatic carbocycles. The monoisotopic (exact) mass is 378 g/mol. The van der Waals surface area contributed by atoms with E-state index in [1.165, 1.54) is 23.5 Å². The van der Waals surface area contributed by atoms with Crippen LogP contribution < -0.4 is 10.6 Å². The van der Waals surface area contributed by atoms with Gasteiger partial charge in [-0.05, 0) is 43.2 Å². The summed E-state index contributed by atoms with van der Waals surface area (Å²) in [5, 5.41) is 9.58. The highest BCUT2D eigenvalue weighted by Gasteiger charge is 2.23. The van der Waals surface area contributed by atoms with Gasteiger partial charge in [0.1, 0.15) is 18.8 Å².